The van der Waals surface area contributed by atoms with Crippen molar-refractivity contribution in [2.45, 2.75) is 30.4 Å². The summed E-state index contributed by atoms with van der Waals surface area (Å²) in [4.78, 5) is 1.96. The van der Waals surface area contributed by atoms with Gasteiger partial charge >= 0.3 is 0 Å². The van der Waals surface area contributed by atoms with Gasteiger partial charge in [-0.05, 0) is 60.9 Å². The van der Waals surface area contributed by atoms with E-state index in [4.69, 9.17) is 9.47 Å². The summed E-state index contributed by atoms with van der Waals surface area (Å²) in [7, 11) is -2.13. The number of nitrogens with zero attached hydrogens (tertiary/aromatic N) is 2. The molecular formula is C22H31N3O6S2. The van der Waals surface area contributed by atoms with Crippen molar-refractivity contribution in [3.8, 4) is 5.75 Å². The second-order valence-corrected chi connectivity index (χ2v) is 11.9. The molecule has 2 aromatic carbocycles. The van der Waals surface area contributed by atoms with Crippen molar-refractivity contribution in [1.82, 2.24) is 4.31 Å². The third-order valence-corrected chi connectivity index (χ3v) is 8.04. The van der Waals surface area contributed by atoms with E-state index in [1.54, 1.807) is 30.3 Å². The fourth-order valence-electron chi connectivity index (χ4n) is 3.70. The Bertz CT molecular complexity index is 1160. The summed E-state index contributed by atoms with van der Waals surface area (Å²) in [6.45, 7) is 0.992. The molecule has 1 saturated heterocycles. The van der Waals surface area contributed by atoms with Gasteiger partial charge in [0.2, 0.25) is 10.0 Å². The van der Waals surface area contributed by atoms with Gasteiger partial charge < -0.3 is 14.4 Å². The average Bonchev–Trinajstić information content (AvgIpc) is 3.25. The van der Waals surface area contributed by atoms with Crippen LogP contribution in [0.1, 0.15) is 18.4 Å². The number of anilines is 2. The van der Waals surface area contributed by atoms with E-state index < -0.39 is 20.0 Å². The Hall–Kier alpha value is -2.34. The third-order valence-electron chi connectivity index (χ3n) is 5.43. The topological polar surface area (TPSA) is 105 Å². The second-order valence-electron chi connectivity index (χ2n) is 8.21. The lowest BCUT2D eigenvalue weighted by Crippen LogP contribution is -2.36. The largest absolute Gasteiger partial charge is 0.497 e. The Morgan fingerprint density at radius 2 is 1.79 bits per heavy atom. The molecule has 0 saturated carbocycles. The van der Waals surface area contributed by atoms with Crippen molar-refractivity contribution in [2.24, 2.45) is 0 Å². The maximum Gasteiger partial charge on any atom is 0.261 e. The van der Waals surface area contributed by atoms with E-state index in [-0.39, 0.29) is 24.1 Å². The number of hydrogen-bond donors (Lipinski definition) is 1. The van der Waals surface area contributed by atoms with Gasteiger partial charge in [0.1, 0.15) is 5.75 Å². The van der Waals surface area contributed by atoms with Gasteiger partial charge in [-0.3, -0.25) is 4.72 Å². The van der Waals surface area contributed by atoms with Crippen LogP contribution in [0.15, 0.2) is 47.4 Å². The van der Waals surface area contributed by atoms with Crippen LogP contribution in [0.4, 0.5) is 11.4 Å². The van der Waals surface area contributed by atoms with E-state index in [1.807, 2.05) is 19.0 Å². The van der Waals surface area contributed by atoms with Gasteiger partial charge in [0, 0.05) is 45.2 Å². The van der Waals surface area contributed by atoms with Crippen molar-refractivity contribution < 1.29 is 26.3 Å². The lowest BCUT2D eigenvalue weighted by Gasteiger charge is -2.26. The molecule has 2 aromatic rings. The number of benzene rings is 2. The van der Waals surface area contributed by atoms with Gasteiger partial charge in [0.15, 0.2) is 0 Å². The molecule has 182 valence electrons. The number of hydrogen-bond acceptors (Lipinski definition) is 7. The summed E-state index contributed by atoms with van der Waals surface area (Å²) < 4.78 is 65.4. The summed E-state index contributed by atoms with van der Waals surface area (Å²) in [5.74, 6) is 0.554. The minimum absolute atomic E-state index is 0.0951. The van der Waals surface area contributed by atoms with E-state index in [9.17, 15) is 16.8 Å². The van der Waals surface area contributed by atoms with Crippen LogP contribution in [0.25, 0.3) is 0 Å². The molecule has 0 aliphatic carbocycles. The zero-order valence-electron chi connectivity index (χ0n) is 19.3. The molecule has 33 heavy (non-hydrogen) atoms. The van der Waals surface area contributed by atoms with E-state index in [0.717, 1.165) is 18.5 Å². The van der Waals surface area contributed by atoms with Gasteiger partial charge in [-0.2, -0.15) is 4.31 Å². The van der Waals surface area contributed by atoms with Crippen LogP contribution < -0.4 is 14.4 Å². The van der Waals surface area contributed by atoms with Crippen LogP contribution in [0, 0.1) is 0 Å². The molecule has 1 aliphatic rings. The van der Waals surface area contributed by atoms with Crippen LogP contribution in [-0.4, -0.2) is 67.9 Å². The van der Waals surface area contributed by atoms with E-state index in [2.05, 4.69) is 4.72 Å². The van der Waals surface area contributed by atoms with E-state index in [1.165, 1.54) is 29.8 Å². The summed E-state index contributed by atoms with van der Waals surface area (Å²) in [6.07, 6.45) is 2.76. The predicted octanol–water partition coefficient (Wildman–Crippen LogP) is 2.50. The molecule has 11 heteroatoms. The van der Waals surface area contributed by atoms with Crippen molar-refractivity contribution in [3.63, 3.8) is 0 Å². The Morgan fingerprint density at radius 1 is 1.09 bits per heavy atom. The molecule has 3 rings (SSSR count). The summed E-state index contributed by atoms with van der Waals surface area (Å²) in [5.41, 5.74) is 1.82. The predicted molar refractivity (Wildman–Crippen MR) is 129 cm³/mol. The third kappa shape index (κ3) is 6.59. The fourth-order valence-corrected chi connectivity index (χ4v) is 5.56. The van der Waals surface area contributed by atoms with Crippen molar-refractivity contribution in [2.75, 3.05) is 50.2 Å². The highest BCUT2D eigenvalue weighted by Crippen LogP contribution is 2.28. The number of sulfonamides is 2. The number of nitrogens with one attached hydrogen (secondary N) is 1. The molecule has 1 atom stereocenters. The normalized spacial score (nSPS) is 16.7. The molecule has 0 aromatic heterocycles. The molecule has 1 N–H and O–H groups in total. The standard InChI is InChI=1S/C22H31N3O6S2/c1-24(2)22-12-7-18(23-33(28,29)21-10-8-19(30-3)9-11-21)14-17(22)15-25(32(4,26)27)16-20-6-5-13-31-20/h7-12,14,20,23H,5-6,13,15-16H2,1-4H3. The highest BCUT2D eigenvalue weighted by Gasteiger charge is 2.26. The van der Waals surface area contributed by atoms with Gasteiger partial charge in [-0.25, -0.2) is 16.8 Å². The van der Waals surface area contributed by atoms with Crippen molar-refractivity contribution in [3.05, 3.63) is 48.0 Å². The zero-order chi connectivity index (χ0) is 24.2. The summed E-state index contributed by atoms with van der Waals surface area (Å²) >= 11 is 0. The lowest BCUT2D eigenvalue weighted by molar-refractivity contribution is 0.0928. The number of methoxy groups -OCH3 is 1. The Balaban J connectivity index is 1.89. The molecule has 0 radical (unpaired) electrons. The van der Waals surface area contributed by atoms with Crippen LogP contribution >= 0.6 is 0 Å². The van der Waals surface area contributed by atoms with Gasteiger partial charge in [0.05, 0.1) is 24.4 Å². The van der Waals surface area contributed by atoms with Crippen LogP contribution in [0.2, 0.25) is 0 Å². The molecule has 0 spiro atoms. The minimum atomic E-state index is -3.83. The smallest absolute Gasteiger partial charge is 0.261 e. The summed E-state index contributed by atoms with van der Waals surface area (Å²) in [5, 5.41) is 0. The van der Waals surface area contributed by atoms with Gasteiger partial charge in [-0.15, -0.1) is 0 Å². The first-order valence-corrected chi connectivity index (χ1v) is 13.9. The monoisotopic (exact) mass is 497 g/mol. The quantitative estimate of drug-likeness (QED) is 0.538. The maximum absolute atomic E-state index is 12.9. The van der Waals surface area contributed by atoms with Crippen LogP contribution in [0.3, 0.4) is 0 Å². The molecule has 1 aliphatic heterocycles. The summed E-state index contributed by atoms with van der Waals surface area (Å²) in [6, 6.07) is 11.2. The molecule has 1 fully saturated rings. The highest BCUT2D eigenvalue weighted by atomic mass is 32.2. The molecule has 0 bridgehead atoms. The average molecular weight is 498 g/mol. The maximum atomic E-state index is 12.9. The fraction of sp³-hybridized carbons (Fsp3) is 0.455. The molecular weight excluding hydrogens is 466 g/mol. The Morgan fingerprint density at radius 3 is 2.33 bits per heavy atom. The first kappa shape index (κ1) is 25.3. The molecule has 1 heterocycles. The molecule has 9 nitrogen and oxygen atoms in total. The second kappa shape index (κ2) is 10.3. The van der Waals surface area contributed by atoms with Crippen LogP contribution in [0.5, 0.6) is 5.75 Å². The Kier molecular flexibility index (Phi) is 7.88. The highest BCUT2D eigenvalue weighted by molar-refractivity contribution is 7.92. The Labute approximate surface area is 196 Å². The van der Waals surface area contributed by atoms with Crippen molar-refractivity contribution in [1.29, 1.82) is 0 Å². The van der Waals surface area contributed by atoms with Crippen molar-refractivity contribution >= 4 is 31.4 Å². The first-order valence-electron chi connectivity index (χ1n) is 10.5. The first-order chi connectivity index (χ1) is 15.5. The van der Waals surface area contributed by atoms with Gasteiger partial charge in [-0.1, -0.05) is 0 Å². The van der Waals surface area contributed by atoms with Crippen LogP contribution in [-0.2, 0) is 31.3 Å². The number of rotatable bonds is 10. The SMILES string of the molecule is COc1ccc(S(=O)(=O)Nc2ccc(N(C)C)c(CN(CC3CCCO3)S(C)(=O)=O)c2)cc1. The lowest BCUT2D eigenvalue weighted by atomic mass is 10.1. The van der Waals surface area contributed by atoms with Gasteiger partial charge in [0.25, 0.3) is 10.0 Å². The zero-order valence-corrected chi connectivity index (χ0v) is 20.9. The molecule has 1 unspecified atom stereocenters. The minimum Gasteiger partial charge on any atom is -0.497 e. The van der Waals surface area contributed by atoms with E-state index in [0.29, 0.717) is 23.6 Å². The van der Waals surface area contributed by atoms with E-state index >= 15 is 0 Å². The number of ether oxygens (including phenoxy) is 2. The molecule has 0 amide bonds.